The van der Waals surface area contributed by atoms with Gasteiger partial charge in [-0.25, -0.2) is 18.1 Å². The van der Waals surface area contributed by atoms with Crippen molar-refractivity contribution in [3.05, 3.63) is 132 Å². The fourth-order valence-corrected chi connectivity index (χ4v) is 9.71. The van der Waals surface area contributed by atoms with Gasteiger partial charge in [-0.15, -0.1) is 13.2 Å². The second-order valence-electron chi connectivity index (χ2n) is 16.4. The van der Waals surface area contributed by atoms with E-state index in [0.29, 0.717) is 11.8 Å². The number of aromatic nitrogens is 4. The summed E-state index contributed by atoms with van der Waals surface area (Å²) in [4.78, 5) is 0. The molecule has 0 bridgehead atoms. The number of halogens is 2. The molecule has 2 aromatic carbocycles. The van der Waals surface area contributed by atoms with Crippen molar-refractivity contribution in [2.75, 3.05) is 0 Å². The van der Waals surface area contributed by atoms with E-state index < -0.39 is 0 Å². The van der Waals surface area contributed by atoms with Crippen molar-refractivity contribution in [3.8, 4) is 11.4 Å². The number of rotatable bonds is 12. The lowest BCUT2D eigenvalue weighted by atomic mass is 9.68. The second-order valence-corrected chi connectivity index (χ2v) is 16.4. The molecular formula is C46H54F2N4O2. The molecule has 0 radical (unpaired) electrons. The van der Waals surface area contributed by atoms with Crippen LogP contribution in [-0.2, 0) is 12.8 Å². The highest BCUT2D eigenvalue weighted by Gasteiger charge is 2.47. The summed E-state index contributed by atoms with van der Waals surface area (Å²) in [5.74, 6) is 0.510. The molecule has 0 spiro atoms. The molecule has 54 heavy (non-hydrogen) atoms. The van der Waals surface area contributed by atoms with E-state index in [4.69, 9.17) is 0 Å². The molecule has 2 N–H and O–H groups in total. The zero-order chi connectivity index (χ0) is 38.0. The summed E-state index contributed by atoms with van der Waals surface area (Å²) in [5.41, 5.74) is 9.57. The van der Waals surface area contributed by atoms with Gasteiger partial charge in [0, 0.05) is 0 Å². The van der Waals surface area contributed by atoms with E-state index in [1.165, 1.54) is 46.5 Å². The molecule has 2 heterocycles. The van der Waals surface area contributed by atoms with Crippen molar-refractivity contribution in [2.24, 2.45) is 22.7 Å². The van der Waals surface area contributed by atoms with Crippen molar-refractivity contribution in [1.29, 1.82) is 0 Å². The van der Waals surface area contributed by atoms with Crippen molar-refractivity contribution >= 4 is 12.2 Å². The average molecular weight is 733 g/mol. The van der Waals surface area contributed by atoms with Crippen molar-refractivity contribution in [1.82, 2.24) is 19.6 Å². The van der Waals surface area contributed by atoms with Gasteiger partial charge in [-0.2, -0.15) is 10.2 Å². The van der Waals surface area contributed by atoms with Gasteiger partial charge in [0.2, 0.25) is 0 Å². The smallest absolute Gasteiger partial charge is 0.123 e. The fraction of sp³-hybridized carbons (Fsp3) is 0.435. The minimum Gasteiger partial charge on any atom is -0.393 e. The van der Waals surface area contributed by atoms with Gasteiger partial charge in [0.15, 0.2) is 0 Å². The Labute approximate surface area is 318 Å². The Hall–Kier alpha value is -4.40. The number of aliphatic hydroxyl groups is 2. The lowest BCUT2D eigenvalue weighted by Gasteiger charge is -2.37. The molecule has 0 unspecified atom stereocenters. The number of benzene rings is 2. The van der Waals surface area contributed by atoms with Crippen LogP contribution in [0.4, 0.5) is 8.78 Å². The van der Waals surface area contributed by atoms with Gasteiger partial charge in [-0.05, 0) is 172 Å². The Morgan fingerprint density at radius 2 is 1.09 bits per heavy atom. The molecule has 284 valence electrons. The lowest BCUT2D eigenvalue weighted by molar-refractivity contribution is 0.105. The van der Waals surface area contributed by atoms with Crippen LogP contribution in [0, 0.1) is 34.3 Å². The molecule has 6 nitrogen and oxygen atoms in total. The third-order valence-electron chi connectivity index (χ3n) is 13.0. The summed E-state index contributed by atoms with van der Waals surface area (Å²) < 4.78 is 30.3. The third-order valence-corrected chi connectivity index (χ3v) is 13.0. The minimum absolute atomic E-state index is 0.0960. The Morgan fingerprint density at radius 3 is 1.46 bits per heavy atom. The van der Waals surface area contributed by atoms with Gasteiger partial charge in [0.1, 0.15) is 11.6 Å². The predicted octanol–water partition coefficient (Wildman–Crippen LogP) is 10.2. The Bertz CT molecular complexity index is 1880. The first-order chi connectivity index (χ1) is 26.0. The molecule has 4 aromatic rings. The minimum atomic E-state index is -0.257. The van der Waals surface area contributed by atoms with Crippen LogP contribution in [0.3, 0.4) is 0 Å². The molecule has 6 atom stereocenters. The SMILES string of the molecule is C=CCC[C@@H](O)C[C@H]1CCC2=Cc3c(cnn3-c3ccc(F)cc3)C[C@@]21C.C=CCC[C@H](O)C[C@H]1CCC2=Cc3c(cnn3-c3ccc(F)cc3)C[C@@]21C. The summed E-state index contributed by atoms with van der Waals surface area (Å²) in [6.07, 6.45) is 23.0. The van der Waals surface area contributed by atoms with Crippen LogP contribution in [-0.4, -0.2) is 42.0 Å². The lowest BCUT2D eigenvalue weighted by Crippen LogP contribution is -2.31. The molecule has 0 amide bonds. The molecule has 4 aliphatic carbocycles. The molecular weight excluding hydrogens is 679 g/mol. The second kappa shape index (κ2) is 15.8. The van der Waals surface area contributed by atoms with Crippen molar-refractivity contribution < 1.29 is 19.0 Å². The maximum absolute atomic E-state index is 13.3. The van der Waals surface area contributed by atoms with Gasteiger partial charge in [0.05, 0.1) is 47.4 Å². The van der Waals surface area contributed by atoms with E-state index in [0.717, 1.165) is 99.8 Å². The van der Waals surface area contributed by atoms with Crippen LogP contribution >= 0.6 is 0 Å². The fourth-order valence-electron chi connectivity index (χ4n) is 9.71. The van der Waals surface area contributed by atoms with Gasteiger partial charge in [-0.1, -0.05) is 37.1 Å². The summed E-state index contributed by atoms with van der Waals surface area (Å²) in [5, 5.41) is 29.9. The van der Waals surface area contributed by atoms with Gasteiger partial charge < -0.3 is 10.2 Å². The molecule has 2 fully saturated rings. The molecule has 0 aliphatic heterocycles. The number of nitrogens with zero attached hydrogens (tertiary/aromatic N) is 4. The van der Waals surface area contributed by atoms with Crippen LogP contribution in [0.1, 0.15) is 101 Å². The standard InChI is InChI=1S/2C23H27FN2O/c2*1-3-4-5-21(27)12-17-6-7-18-13-22-16(14-23(17,18)2)15-25-26(22)20-10-8-19(24)9-11-20/h2*3,8-11,13,15,17,21,27H,1,4-7,12,14H2,2H3/t17-,21+,23-;17-,21-,23-/m11/s1. The average Bonchev–Trinajstić information content (AvgIpc) is 3.92. The van der Waals surface area contributed by atoms with Crippen LogP contribution < -0.4 is 0 Å². The first-order valence-corrected chi connectivity index (χ1v) is 19.7. The Kier molecular flexibility index (Phi) is 11.1. The van der Waals surface area contributed by atoms with Crippen LogP contribution in [0.5, 0.6) is 0 Å². The molecule has 4 aliphatic rings. The number of hydrogen-bond acceptors (Lipinski definition) is 4. The topological polar surface area (TPSA) is 76.1 Å². The van der Waals surface area contributed by atoms with Crippen LogP contribution in [0.25, 0.3) is 23.5 Å². The first kappa shape index (κ1) is 37.9. The summed E-state index contributed by atoms with van der Waals surface area (Å²) in [7, 11) is 0. The summed E-state index contributed by atoms with van der Waals surface area (Å²) in [6, 6.07) is 13.0. The maximum atomic E-state index is 13.3. The maximum Gasteiger partial charge on any atom is 0.123 e. The normalized spacial score (nSPS) is 24.9. The van der Waals surface area contributed by atoms with Gasteiger partial charge >= 0.3 is 0 Å². The highest BCUT2D eigenvalue weighted by Crippen LogP contribution is 2.56. The first-order valence-electron chi connectivity index (χ1n) is 19.7. The molecule has 8 heteroatoms. The van der Waals surface area contributed by atoms with Gasteiger partial charge in [0.25, 0.3) is 0 Å². The summed E-state index contributed by atoms with van der Waals surface area (Å²) >= 11 is 0. The predicted molar refractivity (Wildman–Crippen MR) is 212 cm³/mol. The van der Waals surface area contributed by atoms with E-state index in [1.807, 2.05) is 33.9 Å². The Morgan fingerprint density at radius 1 is 0.704 bits per heavy atom. The molecule has 8 rings (SSSR count). The largest absolute Gasteiger partial charge is 0.393 e. The summed E-state index contributed by atoms with van der Waals surface area (Å²) in [6.45, 7) is 12.2. The third kappa shape index (κ3) is 7.47. The van der Waals surface area contributed by atoms with Crippen molar-refractivity contribution in [2.45, 2.75) is 103 Å². The van der Waals surface area contributed by atoms with E-state index in [1.54, 1.807) is 24.3 Å². The van der Waals surface area contributed by atoms with Crippen molar-refractivity contribution in [3.63, 3.8) is 0 Å². The zero-order valence-electron chi connectivity index (χ0n) is 31.7. The monoisotopic (exact) mass is 732 g/mol. The Balaban J connectivity index is 0.000000167. The van der Waals surface area contributed by atoms with Crippen LogP contribution in [0.15, 0.2) is 97.4 Å². The number of allylic oxidation sites excluding steroid dienone is 4. The number of hydrogen-bond donors (Lipinski definition) is 2. The highest BCUT2D eigenvalue weighted by atomic mass is 19.1. The van der Waals surface area contributed by atoms with E-state index in [-0.39, 0.29) is 34.7 Å². The quantitative estimate of drug-likeness (QED) is 0.142. The van der Waals surface area contributed by atoms with E-state index in [9.17, 15) is 19.0 Å². The molecule has 0 saturated heterocycles. The number of fused-ring (bicyclic) bond motifs is 4. The van der Waals surface area contributed by atoms with Gasteiger partial charge in [-0.3, -0.25) is 0 Å². The highest BCUT2D eigenvalue weighted by molar-refractivity contribution is 5.63. The molecule has 2 saturated carbocycles. The molecule has 2 aromatic heterocycles. The van der Waals surface area contributed by atoms with E-state index >= 15 is 0 Å². The van der Waals surface area contributed by atoms with E-state index in [2.05, 4.69) is 49.4 Å². The van der Waals surface area contributed by atoms with Crippen LogP contribution in [0.2, 0.25) is 0 Å². The number of aliphatic hydroxyl groups excluding tert-OH is 2. The zero-order valence-corrected chi connectivity index (χ0v) is 31.7.